The summed E-state index contributed by atoms with van der Waals surface area (Å²) in [7, 11) is 0. The van der Waals surface area contributed by atoms with Crippen LogP contribution in [0.25, 0.3) is 0 Å². The van der Waals surface area contributed by atoms with Crippen LogP contribution in [-0.4, -0.2) is 33.2 Å². The second-order valence-corrected chi connectivity index (χ2v) is 4.47. The van der Waals surface area contributed by atoms with E-state index < -0.39 is 17.9 Å². The summed E-state index contributed by atoms with van der Waals surface area (Å²) in [5, 5.41) is 27.1. The number of rotatable bonds is 3. The summed E-state index contributed by atoms with van der Waals surface area (Å²) in [6, 6.07) is 9.59. The molecule has 0 heterocycles. The van der Waals surface area contributed by atoms with Gasteiger partial charge in [-0.15, -0.1) is 0 Å². The molecule has 2 rings (SSSR count). The lowest BCUT2D eigenvalue weighted by Crippen LogP contribution is -2.05. The third kappa shape index (κ3) is 3.54. The van der Waals surface area contributed by atoms with E-state index in [-0.39, 0.29) is 27.8 Å². The Morgan fingerprint density at radius 1 is 0.696 bits per heavy atom. The highest BCUT2D eigenvalue weighted by Crippen LogP contribution is 2.13. The molecule has 0 fully saturated rings. The molecule has 6 nitrogen and oxygen atoms in total. The summed E-state index contributed by atoms with van der Waals surface area (Å²) < 4.78 is 0. The normalized spacial score (nSPS) is 9.57. The largest absolute Gasteiger partial charge is 0.478 e. The number of carboxylic acid groups (broad SMARTS) is 3. The minimum absolute atomic E-state index is 0.000897. The number of aromatic carboxylic acids is 3. The number of carboxylic acids is 3. The molecule has 23 heavy (non-hydrogen) atoms. The van der Waals surface area contributed by atoms with Crippen molar-refractivity contribution in [3.8, 4) is 11.8 Å². The summed E-state index contributed by atoms with van der Waals surface area (Å²) in [5.41, 5.74) is -0.0931. The van der Waals surface area contributed by atoms with Crippen LogP contribution in [0.4, 0.5) is 0 Å². The average molecular weight is 310 g/mol. The van der Waals surface area contributed by atoms with Crippen molar-refractivity contribution in [2.45, 2.75) is 0 Å². The average Bonchev–Trinajstić information content (AvgIpc) is 2.52. The fraction of sp³-hybridized carbons (Fsp3) is 0. The van der Waals surface area contributed by atoms with Gasteiger partial charge in [0, 0.05) is 11.1 Å². The molecule has 0 aromatic heterocycles. The third-order valence-corrected chi connectivity index (χ3v) is 2.99. The van der Waals surface area contributed by atoms with Gasteiger partial charge in [0.25, 0.3) is 0 Å². The molecule has 0 saturated carbocycles. The van der Waals surface area contributed by atoms with Crippen molar-refractivity contribution in [3.63, 3.8) is 0 Å². The molecule has 0 unspecified atom stereocenters. The summed E-state index contributed by atoms with van der Waals surface area (Å²) in [6.45, 7) is 0. The van der Waals surface area contributed by atoms with Crippen molar-refractivity contribution in [1.82, 2.24) is 0 Å². The SMILES string of the molecule is O=C(O)c1ccc(C#Cc2ccccc2C(=O)O)c(C(=O)O)c1. The van der Waals surface area contributed by atoms with Crippen molar-refractivity contribution in [2.24, 2.45) is 0 Å². The Kier molecular flexibility index (Phi) is 4.43. The van der Waals surface area contributed by atoms with Crippen LogP contribution in [0.3, 0.4) is 0 Å². The van der Waals surface area contributed by atoms with Crippen molar-refractivity contribution in [1.29, 1.82) is 0 Å². The van der Waals surface area contributed by atoms with Gasteiger partial charge in [-0.05, 0) is 30.3 Å². The van der Waals surface area contributed by atoms with Gasteiger partial charge in [0.15, 0.2) is 0 Å². The molecule has 3 N–H and O–H groups in total. The highest BCUT2D eigenvalue weighted by Gasteiger charge is 2.13. The summed E-state index contributed by atoms with van der Waals surface area (Å²) in [6.07, 6.45) is 0. The zero-order valence-corrected chi connectivity index (χ0v) is 11.6. The zero-order valence-electron chi connectivity index (χ0n) is 11.6. The smallest absolute Gasteiger partial charge is 0.336 e. The standard InChI is InChI=1S/C17H10O6/c18-15(19)12-8-7-11(14(9-12)17(22)23)6-5-10-3-1-2-4-13(10)16(20)21/h1-4,7-9H,(H,18,19)(H,20,21)(H,22,23). The van der Waals surface area contributed by atoms with Gasteiger partial charge in [0.2, 0.25) is 0 Å². The van der Waals surface area contributed by atoms with Gasteiger partial charge >= 0.3 is 17.9 Å². The summed E-state index contributed by atoms with van der Waals surface area (Å²) >= 11 is 0. The summed E-state index contributed by atoms with van der Waals surface area (Å²) in [5.74, 6) is 1.49. The van der Waals surface area contributed by atoms with Crippen LogP contribution in [0.1, 0.15) is 42.2 Å². The van der Waals surface area contributed by atoms with Crippen molar-refractivity contribution >= 4 is 17.9 Å². The zero-order chi connectivity index (χ0) is 17.0. The fourth-order valence-electron chi connectivity index (χ4n) is 1.88. The predicted molar refractivity (Wildman–Crippen MR) is 79.7 cm³/mol. The van der Waals surface area contributed by atoms with E-state index >= 15 is 0 Å². The Balaban J connectivity index is 2.52. The molecule has 0 spiro atoms. The van der Waals surface area contributed by atoms with Gasteiger partial charge < -0.3 is 15.3 Å². The molecule has 2 aromatic carbocycles. The van der Waals surface area contributed by atoms with Gasteiger partial charge in [-0.25, -0.2) is 14.4 Å². The first-order valence-corrected chi connectivity index (χ1v) is 6.35. The van der Waals surface area contributed by atoms with Crippen LogP contribution < -0.4 is 0 Å². The van der Waals surface area contributed by atoms with Crippen molar-refractivity contribution in [3.05, 3.63) is 70.3 Å². The van der Waals surface area contributed by atoms with E-state index in [0.29, 0.717) is 0 Å². The molecule has 6 heteroatoms. The van der Waals surface area contributed by atoms with Gasteiger partial charge in [-0.2, -0.15) is 0 Å². The monoisotopic (exact) mass is 310 g/mol. The number of hydrogen-bond donors (Lipinski definition) is 3. The first-order chi connectivity index (χ1) is 10.9. The molecule has 114 valence electrons. The minimum Gasteiger partial charge on any atom is -0.478 e. The van der Waals surface area contributed by atoms with Gasteiger partial charge in [-0.1, -0.05) is 24.0 Å². The van der Waals surface area contributed by atoms with Crippen LogP contribution in [0.2, 0.25) is 0 Å². The first kappa shape index (κ1) is 15.8. The lowest BCUT2D eigenvalue weighted by Gasteiger charge is -2.01. The molecule has 0 saturated heterocycles. The van der Waals surface area contributed by atoms with Gasteiger partial charge in [-0.3, -0.25) is 0 Å². The second kappa shape index (κ2) is 6.45. The van der Waals surface area contributed by atoms with Crippen LogP contribution in [-0.2, 0) is 0 Å². The number of hydrogen-bond acceptors (Lipinski definition) is 3. The molecular formula is C17H10O6. The molecule has 0 aliphatic carbocycles. The second-order valence-electron chi connectivity index (χ2n) is 4.47. The van der Waals surface area contributed by atoms with E-state index in [2.05, 4.69) is 11.8 Å². The lowest BCUT2D eigenvalue weighted by atomic mass is 10.0. The number of carbonyl (C=O) groups is 3. The maximum atomic E-state index is 11.2. The Morgan fingerprint density at radius 3 is 1.83 bits per heavy atom. The van der Waals surface area contributed by atoms with E-state index in [1.54, 1.807) is 12.1 Å². The van der Waals surface area contributed by atoms with Crippen molar-refractivity contribution < 1.29 is 29.7 Å². The Bertz CT molecular complexity index is 870. The van der Waals surface area contributed by atoms with Crippen LogP contribution >= 0.6 is 0 Å². The van der Waals surface area contributed by atoms with Crippen molar-refractivity contribution in [2.75, 3.05) is 0 Å². The Labute approximate surface area is 130 Å². The summed E-state index contributed by atoms with van der Waals surface area (Å²) in [4.78, 5) is 33.2. The minimum atomic E-state index is -1.32. The maximum absolute atomic E-state index is 11.2. The molecule has 0 aliphatic rings. The predicted octanol–water partition coefficient (Wildman–Crippen LogP) is 2.18. The van der Waals surface area contributed by atoms with Crippen LogP contribution in [0, 0.1) is 11.8 Å². The number of benzene rings is 2. The molecule has 0 amide bonds. The molecular weight excluding hydrogens is 300 g/mol. The van der Waals surface area contributed by atoms with E-state index in [0.717, 1.165) is 6.07 Å². The van der Waals surface area contributed by atoms with E-state index in [4.69, 9.17) is 15.3 Å². The van der Waals surface area contributed by atoms with E-state index in [1.165, 1.54) is 24.3 Å². The van der Waals surface area contributed by atoms with Crippen LogP contribution in [0.5, 0.6) is 0 Å². The molecule has 0 aliphatic heterocycles. The quantitative estimate of drug-likeness (QED) is 0.749. The highest BCUT2D eigenvalue weighted by molar-refractivity contribution is 5.96. The Morgan fingerprint density at radius 2 is 1.26 bits per heavy atom. The van der Waals surface area contributed by atoms with E-state index in [1.807, 2.05) is 0 Å². The Hall–Kier alpha value is -3.59. The fourth-order valence-corrected chi connectivity index (χ4v) is 1.88. The topological polar surface area (TPSA) is 112 Å². The van der Waals surface area contributed by atoms with Gasteiger partial charge in [0.05, 0.1) is 16.7 Å². The lowest BCUT2D eigenvalue weighted by molar-refractivity contribution is 0.0681. The molecule has 0 bridgehead atoms. The van der Waals surface area contributed by atoms with Gasteiger partial charge in [0.1, 0.15) is 0 Å². The molecule has 0 radical (unpaired) electrons. The third-order valence-electron chi connectivity index (χ3n) is 2.99. The first-order valence-electron chi connectivity index (χ1n) is 6.35. The van der Waals surface area contributed by atoms with E-state index in [9.17, 15) is 14.4 Å². The molecule has 0 atom stereocenters. The molecule has 2 aromatic rings. The maximum Gasteiger partial charge on any atom is 0.336 e. The highest BCUT2D eigenvalue weighted by atomic mass is 16.4. The van der Waals surface area contributed by atoms with Crippen LogP contribution in [0.15, 0.2) is 42.5 Å².